The van der Waals surface area contributed by atoms with Crippen molar-refractivity contribution in [2.75, 3.05) is 24.6 Å². The Balaban J connectivity index is 2.03. The predicted octanol–water partition coefficient (Wildman–Crippen LogP) is 3.43. The van der Waals surface area contributed by atoms with Gasteiger partial charge in [0, 0.05) is 13.1 Å². The van der Waals surface area contributed by atoms with E-state index in [0.29, 0.717) is 5.92 Å². The van der Waals surface area contributed by atoms with Crippen molar-refractivity contribution in [2.24, 2.45) is 17.6 Å². The lowest BCUT2D eigenvalue weighted by Gasteiger charge is -2.52. The highest BCUT2D eigenvalue weighted by atomic mass is 16.5. The molecule has 1 aromatic rings. The maximum absolute atomic E-state index is 6.35. The van der Waals surface area contributed by atoms with Crippen molar-refractivity contribution in [1.29, 1.82) is 0 Å². The summed E-state index contributed by atoms with van der Waals surface area (Å²) < 4.78 is 5.94. The molecular formula is C18H28N2O. The van der Waals surface area contributed by atoms with Gasteiger partial charge in [0.1, 0.15) is 5.75 Å². The number of benzene rings is 1. The van der Waals surface area contributed by atoms with Crippen LogP contribution in [0.4, 0.5) is 5.69 Å². The number of fused-ring (bicyclic) bond motifs is 1. The Labute approximate surface area is 128 Å². The minimum Gasteiger partial charge on any atom is -0.491 e. The van der Waals surface area contributed by atoms with Gasteiger partial charge in [0.25, 0.3) is 0 Å². The average molecular weight is 288 g/mol. The van der Waals surface area contributed by atoms with Crippen LogP contribution in [0.15, 0.2) is 24.3 Å². The highest BCUT2D eigenvalue weighted by molar-refractivity contribution is 5.61. The van der Waals surface area contributed by atoms with E-state index in [0.717, 1.165) is 37.8 Å². The van der Waals surface area contributed by atoms with Gasteiger partial charge in [0.2, 0.25) is 0 Å². The number of nitrogens with two attached hydrogens (primary N) is 1. The Morgan fingerprint density at radius 3 is 2.90 bits per heavy atom. The van der Waals surface area contributed by atoms with Crippen LogP contribution in [0.2, 0.25) is 0 Å². The van der Waals surface area contributed by atoms with Crippen molar-refractivity contribution < 1.29 is 4.74 Å². The molecule has 0 radical (unpaired) electrons. The molecule has 0 bridgehead atoms. The SMILES string of the molecule is CC1CCC(C)C(CN)(N2CCCOc3ccccc32)C1. The maximum atomic E-state index is 6.35. The van der Waals surface area contributed by atoms with Gasteiger partial charge in [-0.15, -0.1) is 0 Å². The Morgan fingerprint density at radius 1 is 1.29 bits per heavy atom. The summed E-state index contributed by atoms with van der Waals surface area (Å²) in [5.74, 6) is 2.40. The first-order chi connectivity index (χ1) is 10.2. The van der Waals surface area contributed by atoms with E-state index in [2.05, 4.69) is 43.0 Å². The van der Waals surface area contributed by atoms with Gasteiger partial charge in [-0.1, -0.05) is 32.4 Å². The monoisotopic (exact) mass is 288 g/mol. The van der Waals surface area contributed by atoms with Crippen LogP contribution in [0, 0.1) is 11.8 Å². The topological polar surface area (TPSA) is 38.5 Å². The molecule has 21 heavy (non-hydrogen) atoms. The van der Waals surface area contributed by atoms with Crippen LogP contribution in [0.3, 0.4) is 0 Å². The second-order valence-corrected chi connectivity index (χ2v) is 6.92. The zero-order chi connectivity index (χ0) is 14.9. The van der Waals surface area contributed by atoms with Gasteiger partial charge < -0.3 is 15.4 Å². The number of nitrogens with zero attached hydrogens (tertiary/aromatic N) is 1. The molecule has 1 saturated carbocycles. The molecular weight excluding hydrogens is 260 g/mol. The van der Waals surface area contributed by atoms with Crippen molar-refractivity contribution in [3.05, 3.63) is 24.3 Å². The normalized spacial score (nSPS) is 33.0. The molecule has 1 aromatic carbocycles. The minimum atomic E-state index is 0.0848. The van der Waals surface area contributed by atoms with Crippen molar-refractivity contribution in [1.82, 2.24) is 0 Å². The first-order valence-electron chi connectivity index (χ1n) is 8.37. The zero-order valence-corrected chi connectivity index (χ0v) is 13.3. The zero-order valence-electron chi connectivity index (χ0n) is 13.3. The summed E-state index contributed by atoms with van der Waals surface area (Å²) >= 11 is 0. The molecule has 0 spiro atoms. The minimum absolute atomic E-state index is 0.0848. The quantitative estimate of drug-likeness (QED) is 0.906. The van der Waals surface area contributed by atoms with Crippen LogP contribution >= 0.6 is 0 Å². The van der Waals surface area contributed by atoms with E-state index < -0.39 is 0 Å². The molecule has 116 valence electrons. The molecule has 3 rings (SSSR count). The standard InChI is InChI=1S/C18H28N2O/c1-14-8-9-15(2)18(12-14,13-19)20-10-5-11-21-17-7-4-3-6-16(17)20/h3-4,6-7,14-15H,5,8-13,19H2,1-2H3. The number of hydrogen-bond donors (Lipinski definition) is 1. The Morgan fingerprint density at radius 2 is 2.10 bits per heavy atom. The highest BCUT2D eigenvalue weighted by Crippen LogP contribution is 2.45. The van der Waals surface area contributed by atoms with Crippen molar-refractivity contribution in [2.45, 2.75) is 45.1 Å². The largest absolute Gasteiger partial charge is 0.491 e. The lowest BCUT2D eigenvalue weighted by molar-refractivity contribution is 0.156. The highest BCUT2D eigenvalue weighted by Gasteiger charge is 2.45. The summed E-state index contributed by atoms with van der Waals surface area (Å²) in [7, 11) is 0. The van der Waals surface area contributed by atoms with E-state index in [-0.39, 0.29) is 5.54 Å². The second-order valence-electron chi connectivity index (χ2n) is 6.92. The summed E-state index contributed by atoms with van der Waals surface area (Å²) in [5.41, 5.74) is 7.67. The van der Waals surface area contributed by atoms with Gasteiger partial charge in [0.15, 0.2) is 0 Å². The molecule has 1 aliphatic carbocycles. The number of hydrogen-bond acceptors (Lipinski definition) is 3. The van der Waals surface area contributed by atoms with E-state index >= 15 is 0 Å². The average Bonchev–Trinajstić information content (AvgIpc) is 2.72. The molecule has 3 nitrogen and oxygen atoms in total. The van der Waals surface area contributed by atoms with Crippen LogP contribution < -0.4 is 15.4 Å². The van der Waals surface area contributed by atoms with Crippen molar-refractivity contribution in [3.8, 4) is 5.75 Å². The summed E-state index contributed by atoms with van der Waals surface area (Å²) in [4.78, 5) is 2.58. The van der Waals surface area contributed by atoms with Gasteiger partial charge in [-0.05, 0) is 43.2 Å². The van der Waals surface area contributed by atoms with E-state index in [4.69, 9.17) is 10.5 Å². The van der Waals surface area contributed by atoms with Crippen LogP contribution in [0.5, 0.6) is 5.75 Å². The van der Waals surface area contributed by atoms with Gasteiger partial charge >= 0.3 is 0 Å². The lowest BCUT2D eigenvalue weighted by Crippen LogP contribution is -2.61. The molecule has 3 heteroatoms. The van der Waals surface area contributed by atoms with Gasteiger partial charge in [0.05, 0.1) is 17.8 Å². The van der Waals surface area contributed by atoms with Crippen LogP contribution in [0.1, 0.15) is 39.5 Å². The molecule has 3 atom stereocenters. The molecule has 0 aromatic heterocycles. The number of anilines is 1. The summed E-state index contributed by atoms with van der Waals surface area (Å²) in [6.45, 7) is 7.33. The van der Waals surface area contributed by atoms with Gasteiger partial charge in [-0.2, -0.15) is 0 Å². The third kappa shape index (κ3) is 2.52. The first-order valence-corrected chi connectivity index (χ1v) is 8.37. The lowest BCUT2D eigenvalue weighted by atomic mass is 9.68. The van der Waals surface area contributed by atoms with E-state index in [1.54, 1.807) is 0 Å². The smallest absolute Gasteiger partial charge is 0.142 e. The number of para-hydroxylation sites is 2. The van der Waals surface area contributed by atoms with Gasteiger partial charge in [-0.25, -0.2) is 0 Å². The Bertz CT molecular complexity index is 490. The van der Waals surface area contributed by atoms with Crippen LogP contribution in [-0.4, -0.2) is 25.2 Å². The number of rotatable bonds is 2. The third-order valence-corrected chi connectivity index (χ3v) is 5.54. The second kappa shape index (κ2) is 5.88. The molecule has 1 heterocycles. The maximum Gasteiger partial charge on any atom is 0.142 e. The third-order valence-electron chi connectivity index (χ3n) is 5.54. The fourth-order valence-corrected chi connectivity index (χ4v) is 4.27. The van der Waals surface area contributed by atoms with E-state index in [1.807, 2.05) is 0 Å². The fraction of sp³-hybridized carbons (Fsp3) is 0.667. The molecule has 2 N–H and O–H groups in total. The van der Waals surface area contributed by atoms with Gasteiger partial charge in [-0.3, -0.25) is 0 Å². The fourth-order valence-electron chi connectivity index (χ4n) is 4.27. The molecule has 1 fully saturated rings. The summed E-state index contributed by atoms with van der Waals surface area (Å²) in [6.07, 6.45) is 4.86. The molecule has 2 aliphatic rings. The summed E-state index contributed by atoms with van der Waals surface area (Å²) in [6, 6.07) is 8.46. The van der Waals surface area contributed by atoms with Crippen LogP contribution in [0.25, 0.3) is 0 Å². The molecule has 0 saturated heterocycles. The summed E-state index contributed by atoms with van der Waals surface area (Å²) in [5, 5.41) is 0. The van der Waals surface area contributed by atoms with E-state index in [9.17, 15) is 0 Å². The molecule has 0 amide bonds. The molecule has 1 aliphatic heterocycles. The van der Waals surface area contributed by atoms with Crippen molar-refractivity contribution >= 4 is 5.69 Å². The van der Waals surface area contributed by atoms with E-state index in [1.165, 1.54) is 24.9 Å². The van der Waals surface area contributed by atoms with Crippen molar-refractivity contribution in [3.63, 3.8) is 0 Å². The first kappa shape index (κ1) is 14.7. The molecule has 3 unspecified atom stereocenters. The Kier molecular flexibility index (Phi) is 4.12. The predicted molar refractivity (Wildman–Crippen MR) is 87.9 cm³/mol. The number of ether oxygens (including phenoxy) is 1. The Hall–Kier alpha value is -1.22. The van der Waals surface area contributed by atoms with Crippen LogP contribution in [-0.2, 0) is 0 Å².